The van der Waals surface area contributed by atoms with Crippen molar-refractivity contribution in [2.45, 2.75) is 33.2 Å². The minimum atomic E-state index is 0.808. The van der Waals surface area contributed by atoms with E-state index < -0.39 is 0 Å². The summed E-state index contributed by atoms with van der Waals surface area (Å²) < 4.78 is 5.25. The molecular formula is C12H21NOS. The maximum absolute atomic E-state index is 5.25. The molecule has 0 aromatic carbocycles. The van der Waals surface area contributed by atoms with Gasteiger partial charge in [-0.05, 0) is 36.8 Å². The van der Waals surface area contributed by atoms with Crippen LogP contribution in [0.2, 0.25) is 0 Å². The molecule has 1 aromatic heterocycles. The van der Waals surface area contributed by atoms with Crippen LogP contribution < -0.4 is 10.1 Å². The number of hydrogen-bond donors (Lipinski definition) is 1. The van der Waals surface area contributed by atoms with Gasteiger partial charge in [0.25, 0.3) is 0 Å². The second-order valence-electron chi connectivity index (χ2n) is 4.13. The normalized spacial score (nSPS) is 10.9. The molecule has 0 atom stereocenters. The molecule has 1 aromatic rings. The Bertz CT molecular complexity index is 270. The van der Waals surface area contributed by atoms with Crippen LogP contribution in [0, 0.1) is 5.92 Å². The van der Waals surface area contributed by atoms with E-state index in [-0.39, 0.29) is 0 Å². The molecule has 1 heterocycles. The quantitative estimate of drug-likeness (QED) is 0.722. The van der Waals surface area contributed by atoms with Crippen LogP contribution >= 0.6 is 11.3 Å². The topological polar surface area (TPSA) is 21.3 Å². The molecule has 0 radical (unpaired) electrons. The largest absolute Gasteiger partial charge is 0.496 e. The van der Waals surface area contributed by atoms with Crippen LogP contribution in [0.5, 0.6) is 5.75 Å². The van der Waals surface area contributed by atoms with Gasteiger partial charge in [0, 0.05) is 6.54 Å². The highest BCUT2D eigenvalue weighted by Gasteiger charge is 2.02. The van der Waals surface area contributed by atoms with Gasteiger partial charge in [0.1, 0.15) is 5.75 Å². The predicted octanol–water partition coefficient (Wildman–Crippen LogP) is 3.28. The maximum Gasteiger partial charge on any atom is 0.134 e. The highest BCUT2D eigenvalue weighted by atomic mass is 32.1. The molecule has 0 saturated heterocycles. The Kier molecular flexibility index (Phi) is 5.73. The fourth-order valence-electron chi connectivity index (χ4n) is 1.48. The van der Waals surface area contributed by atoms with Crippen molar-refractivity contribution in [2.75, 3.05) is 13.7 Å². The standard InChI is InChI=1S/C12H21NOS/c1-10(2)5-4-7-13-9-12-11(14-3)6-8-15-12/h6,8,10,13H,4-5,7,9H2,1-3H3. The molecule has 1 rings (SSSR count). The first-order valence-electron chi connectivity index (χ1n) is 5.55. The molecular weight excluding hydrogens is 206 g/mol. The molecule has 0 spiro atoms. The maximum atomic E-state index is 5.25. The number of nitrogens with one attached hydrogen (secondary N) is 1. The highest BCUT2D eigenvalue weighted by molar-refractivity contribution is 7.10. The summed E-state index contributed by atoms with van der Waals surface area (Å²) >= 11 is 1.75. The van der Waals surface area contributed by atoms with Gasteiger partial charge in [-0.25, -0.2) is 0 Å². The molecule has 0 saturated carbocycles. The van der Waals surface area contributed by atoms with Crippen molar-refractivity contribution in [3.8, 4) is 5.75 Å². The minimum Gasteiger partial charge on any atom is -0.496 e. The van der Waals surface area contributed by atoms with Crippen molar-refractivity contribution in [3.63, 3.8) is 0 Å². The molecule has 0 amide bonds. The van der Waals surface area contributed by atoms with E-state index in [4.69, 9.17) is 4.74 Å². The average molecular weight is 227 g/mol. The first-order valence-corrected chi connectivity index (χ1v) is 6.43. The van der Waals surface area contributed by atoms with Crippen molar-refractivity contribution in [1.82, 2.24) is 5.32 Å². The van der Waals surface area contributed by atoms with Crippen LogP contribution in [0.15, 0.2) is 11.4 Å². The van der Waals surface area contributed by atoms with Gasteiger partial charge >= 0.3 is 0 Å². The second-order valence-corrected chi connectivity index (χ2v) is 5.13. The van der Waals surface area contributed by atoms with Gasteiger partial charge in [0.05, 0.1) is 12.0 Å². The van der Waals surface area contributed by atoms with Gasteiger partial charge in [0.15, 0.2) is 0 Å². The van der Waals surface area contributed by atoms with Gasteiger partial charge in [-0.2, -0.15) is 0 Å². The van der Waals surface area contributed by atoms with Gasteiger partial charge in [0.2, 0.25) is 0 Å². The summed E-state index contributed by atoms with van der Waals surface area (Å²) in [7, 11) is 1.73. The summed E-state index contributed by atoms with van der Waals surface area (Å²) in [4.78, 5) is 1.29. The van der Waals surface area contributed by atoms with Crippen molar-refractivity contribution in [3.05, 3.63) is 16.3 Å². The SMILES string of the molecule is COc1ccsc1CNCCCC(C)C. The molecule has 86 valence electrons. The van der Waals surface area contributed by atoms with Crippen molar-refractivity contribution in [1.29, 1.82) is 0 Å². The number of ether oxygens (including phenoxy) is 1. The minimum absolute atomic E-state index is 0.808. The zero-order valence-electron chi connectivity index (χ0n) is 9.88. The third-order valence-corrected chi connectivity index (χ3v) is 3.25. The zero-order chi connectivity index (χ0) is 11.1. The van der Waals surface area contributed by atoms with E-state index in [0.717, 1.165) is 24.8 Å². The summed E-state index contributed by atoms with van der Waals surface area (Å²) in [6.45, 7) is 6.56. The second kappa shape index (κ2) is 6.85. The molecule has 0 aliphatic carbocycles. The zero-order valence-corrected chi connectivity index (χ0v) is 10.7. The lowest BCUT2D eigenvalue weighted by Crippen LogP contribution is -2.14. The van der Waals surface area contributed by atoms with E-state index >= 15 is 0 Å². The lowest BCUT2D eigenvalue weighted by atomic mass is 10.1. The molecule has 0 fully saturated rings. The lowest BCUT2D eigenvalue weighted by molar-refractivity contribution is 0.410. The molecule has 15 heavy (non-hydrogen) atoms. The van der Waals surface area contributed by atoms with Crippen LogP contribution in [0.3, 0.4) is 0 Å². The third kappa shape index (κ3) is 4.67. The van der Waals surface area contributed by atoms with Gasteiger partial charge in [-0.1, -0.05) is 13.8 Å². The Morgan fingerprint density at radius 1 is 1.47 bits per heavy atom. The first-order chi connectivity index (χ1) is 7.24. The van der Waals surface area contributed by atoms with Gasteiger partial charge in [-0.15, -0.1) is 11.3 Å². The van der Waals surface area contributed by atoms with E-state index in [1.165, 1.54) is 17.7 Å². The molecule has 3 heteroatoms. The summed E-state index contributed by atoms with van der Waals surface area (Å²) in [5.41, 5.74) is 0. The Balaban J connectivity index is 2.15. The van der Waals surface area contributed by atoms with Crippen LogP contribution in [-0.4, -0.2) is 13.7 Å². The number of methoxy groups -OCH3 is 1. The van der Waals surface area contributed by atoms with E-state index in [9.17, 15) is 0 Å². The number of hydrogen-bond acceptors (Lipinski definition) is 3. The highest BCUT2D eigenvalue weighted by Crippen LogP contribution is 2.23. The smallest absolute Gasteiger partial charge is 0.134 e. The van der Waals surface area contributed by atoms with E-state index in [1.54, 1.807) is 18.4 Å². The summed E-state index contributed by atoms with van der Waals surface area (Å²) in [5.74, 6) is 1.82. The first kappa shape index (κ1) is 12.5. The van der Waals surface area contributed by atoms with Crippen LogP contribution in [0.25, 0.3) is 0 Å². The molecule has 2 nitrogen and oxygen atoms in total. The lowest BCUT2D eigenvalue weighted by Gasteiger charge is -2.06. The summed E-state index contributed by atoms with van der Waals surface area (Å²) in [6.07, 6.45) is 2.56. The Labute approximate surface area is 96.7 Å². The summed E-state index contributed by atoms with van der Waals surface area (Å²) in [5, 5.41) is 5.52. The molecule has 0 bridgehead atoms. The fourth-order valence-corrected chi connectivity index (χ4v) is 2.29. The number of thiophene rings is 1. The Morgan fingerprint density at radius 2 is 2.27 bits per heavy atom. The van der Waals surface area contributed by atoms with Crippen molar-refractivity contribution < 1.29 is 4.74 Å². The fraction of sp³-hybridized carbons (Fsp3) is 0.667. The summed E-state index contributed by atoms with van der Waals surface area (Å²) in [6, 6.07) is 2.02. The van der Waals surface area contributed by atoms with E-state index in [0.29, 0.717) is 0 Å². The van der Waals surface area contributed by atoms with Crippen LogP contribution in [0.4, 0.5) is 0 Å². The van der Waals surface area contributed by atoms with Crippen LogP contribution in [-0.2, 0) is 6.54 Å². The van der Waals surface area contributed by atoms with E-state index in [1.807, 2.05) is 6.07 Å². The molecule has 0 aliphatic heterocycles. The molecule has 0 aliphatic rings. The Hall–Kier alpha value is -0.540. The molecule has 0 unspecified atom stereocenters. The predicted molar refractivity (Wildman–Crippen MR) is 66.6 cm³/mol. The van der Waals surface area contributed by atoms with Gasteiger partial charge in [-0.3, -0.25) is 0 Å². The van der Waals surface area contributed by atoms with Crippen molar-refractivity contribution >= 4 is 11.3 Å². The van der Waals surface area contributed by atoms with Crippen LogP contribution in [0.1, 0.15) is 31.6 Å². The van der Waals surface area contributed by atoms with E-state index in [2.05, 4.69) is 24.5 Å². The third-order valence-electron chi connectivity index (χ3n) is 2.35. The van der Waals surface area contributed by atoms with Crippen molar-refractivity contribution in [2.24, 2.45) is 5.92 Å². The average Bonchev–Trinajstić information content (AvgIpc) is 2.64. The molecule has 1 N–H and O–H groups in total. The number of rotatable bonds is 7. The van der Waals surface area contributed by atoms with Gasteiger partial charge < -0.3 is 10.1 Å². The monoisotopic (exact) mass is 227 g/mol. The Morgan fingerprint density at radius 3 is 2.93 bits per heavy atom.